The predicted octanol–water partition coefficient (Wildman–Crippen LogP) is 4.41. The smallest absolute Gasteiger partial charge is 0.263 e. The van der Waals surface area contributed by atoms with Gasteiger partial charge in [0.15, 0.2) is 0 Å². The van der Waals surface area contributed by atoms with Crippen molar-refractivity contribution in [1.82, 2.24) is 9.79 Å². The predicted molar refractivity (Wildman–Crippen MR) is 131 cm³/mol. The Labute approximate surface area is 198 Å². The average Bonchev–Trinajstić information content (AvgIpc) is 2.83. The maximum atomic E-state index is 13.4. The number of carbonyl (C=O) groups excluding carboxylic acids is 1. The molecule has 1 atom stereocenters. The van der Waals surface area contributed by atoms with Crippen LogP contribution in [0.15, 0.2) is 83.8 Å². The van der Waals surface area contributed by atoms with Gasteiger partial charge in [-0.05, 0) is 48.2 Å². The molecule has 0 radical (unpaired) electrons. The Morgan fingerprint density at radius 1 is 0.909 bits per heavy atom. The van der Waals surface area contributed by atoms with Crippen LogP contribution in [0.25, 0.3) is 22.3 Å². The van der Waals surface area contributed by atoms with Crippen LogP contribution in [-0.2, 0) is 14.8 Å². The van der Waals surface area contributed by atoms with Gasteiger partial charge in [0.05, 0.1) is 4.90 Å². The summed E-state index contributed by atoms with van der Waals surface area (Å²) in [5, 5.41) is 9.20. The van der Waals surface area contributed by atoms with Gasteiger partial charge in [-0.1, -0.05) is 66.7 Å². The molecule has 0 aliphatic carbocycles. The Bertz CT molecular complexity index is 1230. The molecule has 1 aliphatic rings. The highest BCUT2D eigenvalue weighted by Crippen LogP contribution is 2.38. The number of hydrogen-bond donors (Lipinski definition) is 2. The first-order valence-corrected chi connectivity index (χ1v) is 13.0. The van der Waals surface area contributed by atoms with Crippen molar-refractivity contribution in [2.75, 3.05) is 12.3 Å². The Balaban J connectivity index is 1.60. The van der Waals surface area contributed by atoms with Crippen LogP contribution in [0.1, 0.15) is 13.8 Å². The number of carbonyl (C=O) groups is 1. The van der Waals surface area contributed by atoms with Crippen LogP contribution in [0, 0.1) is 0 Å². The fourth-order valence-corrected chi connectivity index (χ4v) is 7.27. The number of hydroxylamine groups is 1. The minimum atomic E-state index is -3.93. The Kier molecular flexibility index (Phi) is 6.63. The summed E-state index contributed by atoms with van der Waals surface area (Å²) in [6.45, 7) is 3.81. The first kappa shape index (κ1) is 23.5. The second-order valence-electron chi connectivity index (χ2n) is 8.41. The molecule has 0 aromatic heterocycles. The molecule has 3 aromatic carbocycles. The molecule has 2 N–H and O–H groups in total. The standard InChI is InChI=1S/C25H26N2O4S2/c1-25(2)23(24(28)26-29)27(16-17-32-25)33(30,31)22-14-12-21(13-15-22)20-10-8-19(9-11-20)18-6-4-3-5-7-18/h3-15,23,29H,16-17H2,1-2H3,(H,26,28)/t23-/m0/s1. The maximum Gasteiger partial charge on any atom is 0.263 e. The van der Waals surface area contributed by atoms with E-state index in [9.17, 15) is 18.4 Å². The lowest BCUT2D eigenvalue weighted by molar-refractivity contribution is -0.134. The summed E-state index contributed by atoms with van der Waals surface area (Å²) in [5.41, 5.74) is 5.75. The van der Waals surface area contributed by atoms with Crippen LogP contribution in [0.4, 0.5) is 0 Å². The van der Waals surface area contributed by atoms with Crippen LogP contribution in [0.3, 0.4) is 0 Å². The van der Waals surface area contributed by atoms with Gasteiger partial charge in [-0.3, -0.25) is 10.0 Å². The summed E-state index contributed by atoms with van der Waals surface area (Å²) < 4.78 is 27.3. The first-order chi connectivity index (χ1) is 15.7. The van der Waals surface area contributed by atoms with Crippen LogP contribution < -0.4 is 5.48 Å². The van der Waals surface area contributed by atoms with Crippen LogP contribution in [0.5, 0.6) is 0 Å². The molecule has 4 rings (SSSR count). The molecule has 0 saturated carbocycles. The number of nitrogens with zero attached hydrogens (tertiary/aromatic N) is 1. The molecule has 8 heteroatoms. The lowest BCUT2D eigenvalue weighted by Crippen LogP contribution is -2.61. The molecule has 1 saturated heterocycles. The topological polar surface area (TPSA) is 86.7 Å². The second-order valence-corrected chi connectivity index (χ2v) is 12.1. The lowest BCUT2D eigenvalue weighted by atomic mass is 10.0. The van der Waals surface area contributed by atoms with Crippen molar-refractivity contribution in [3.8, 4) is 22.3 Å². The number of amides is 1. The van der Waals surface area contributed by atoms with Gasteiger partial charge in [0, 0.05) is 17.0 Å². The number of benzene rings is 3. The third kappa shape index (κ3) is 4.70. The largest absolute Gasteiger partial charge is 0.289 e. The van der Waals surface area contributed by atoms with Gasteiger partial charge >= 0.3 is 0 Å². The zero-order chi connectivity index (χ0) is 23.6. The quantitative estimate of drug-likeness (QED) is 0.416. The summed E-state index contributed by atoms with van der Waals surface area (Å²) in [6.07, 6.45) is 0. The van der Waals surface area contributed by atoms with Crippen molar-refractivity contribution < 1.29 is 18.4 Å². The van der Waals surface area contributed by atoms with Gasteiger partial charge in [-0.25, -0.2) is 13.9 Å². The second kappa shape index (κ2) is 9.30. The SMILES string of the molecule is CC1(C)SCCN(S(=O)(=O)c2ccc(-c3ccc(-c4ccccc4)cc3)cc2)[C@H]1C(=O)NO. The van der Waals surface area contributed by atoms with E-state index in [1.165, 1.54) is 16.1 Å². The summed E-state index contributed by atoms with van der Waals surface area (Å²) in [4.78, 5) is 12.5. The minimum Gasteiger partial charge on any atom is -0.289 e. The van der Waals surface area contributed by atoms with Gasteiger partial charge in [0.1, 0.15) is 6.04 Å². The molecular weight excluding hydrogens is 456 g/mol. The molecule has 0 unspecified atom stereocenters. The van der Waals surface area contributed by atoms with E-state index in [0.29, 0.717) is 5.75 Å². The van der Waals surface area contributed by atoms with Crippen molar-refractivity contribution >= 4 is 27.7 Å². The van der Waals surface area contributed by atoms with E-state index in [1.54, 1.807) is 29.7 Å². The van der Waals surface area contributed by atoms with Crippen LogP contribution in [-0.4, -0.2) is 46.9 Å². The minimum absolute atomic E-state index is 0.116. The van der Waals surface area contributed by atoms with E-state index in [-0.39, 0.29) is 11.4 Å². The Morgan fingerprint density at radius 3 is 1.91 bits per heavy atom. The third-order valence-corrected chi connectivity index (χ3v) is 9.11. The van der Waals surface area contributed by atoms with Crippen molar-refractivity contribution in [1.29, 1.82) is 0 Å². The zero-order valence-electron chi connectivity index (χ0n) is 18.4. The van der Waals surface area contributed by atoms with Crippen LogP contribution >= 0.6 is 11.8 Å². The maximum absolute atomic E-state index is 13.4. The summed E-state index contributed by atoms with van der Waals surface area (Å²) in [7, 11) is -3.93. The number of nitrogens with one attached hydrogen (secondary N) is 1. The molecule has 1 heterocycles. The lowest BCUT2D eigenvalue weighted by Gasteiger charge is -2.43. The highest BCUT2D eigenvalue weighted by atomic mass is 32.2. The van der Waals surface area contributed by atoms with Gasteiger partial charge < -0.3 is 0 Å². The summed E-state index contributed by atoms with van der Waals surface area (Å²) in [5.74, 6) is -0.168. The molecule has 3 aromatic rings. The third-order valence-electron chi connectivity index (χ3n) is 5.88. The van der Waals surface area contributed by atoms with Crippen molar-refractivity contribution in [3.63, 3.8) is 0 Å². The average molecular weight is 483 g/mol. The zero-order valence-corrected chi connectivity index (χ0v) is 20.1. The molecular formula is C25H26N2O4S2. The number of thioether (sulfide) groups is 1. The number of sulfonamides is 1. The van der Waals surface area contributed by atoms with E-state index in [4.69, 9.17) is 0 Å². The van der Waals surface area contributed by atoms with Crippen molar-refractivity contribution in [3.05, 3.63) is 78.9 Å². The fourth-order valence-electron chi connectivity index (χ4n) is 4.16. The van der Waals surface area contributed by atoms with Crippen molar-refractivity contribution in [2.45, 2.75) is 29.5 Å². The number of hydrogen-bond acceptors (Lipinski definition) is 5. The van der Waals surface area contributed by atoms with E-state index in [2.05, 4.69) is 12.1 Å². The normalized spacial score (nSPS) is 18.6. The van der Waals surface area contributed by atoms with E-state index >= 15 is 0 Å². The van der Waals surface area contributed by atoms with Gasteiger partial charge in [-0.2, -0.15) is 16.1 Å². The molecule has 1 aliphatic heterocycles. The van der Waals surface area contributed by atoms with Gasteiger partial charge in [-0.15, -0.1) is 0 Å². The van der Waals surface area contributed by atoms with E-state index < -0.39 is 26.7 Å². The molecule has 33 heavy (non-hydrogen) atoms. The molecule has 0 spiro atoms. The van der Waals surface area contributed by atoms with E-state index in [0.717, 1.165) is 22.3 Å². The highest BCUT2D eigenvalue weighted by Gasteiger charge is 2.48. The molecule has 1 fully saturated rings. The Morgan fingerprint density at radius 2 is 1.39 bits per heavy atom. The first-order valence-electron chi connectivity index (χ1n) is 10.6. The fraction of sp³-hybridized carbons (Fsp3) is 0.240. The van der Waals surface area contributed by atoms with Crippen LogP contribution in [0.2, 0.25) is 0 Å². The van der Waals surface area contributed by atoms with Gasteiger partial charge in [0.25, 0.3) is 5.91 Å². The number of rotatable bonds is 5. The molecule has 0 bridgehead atoms. The summed E-state index contributed by atoms with van der Waals surface area (Å²) in [6, 6.07) is 23.9. The molecule has 172 valence electrons. The highest BCUT2D eigenvalue weighted by molar-refractivity contribution is 8.00. The van der Waals surface area contributed by atoms with Gasteiger partial charge in [0.2, 0.25) is 10.0 Å². The van der Waals surface area contributed by atoms with E-state index in [1.807, 2.05) is 56.3 Å². The Hall–Kier alpha value is -2.65. The van der Waals surface area contributed by atoms with Crippen molar-refractivity contribution in [2.24, 2.45) is 0 Å². The molecule has 6 nitrogen and oxygen atoms in total. The molecule has 1 amide bonds. The summed E-state index contributed by atoms with van der Waals surface area (Å²) >= 11 is 1.51. The monoisotopic (exact) mass is 482 g/mol.